The number of rotatable bonds is 5. The van der Waals surface area contributed by atoms with Gasteiger partial charge < -0.3 is 9.32 Å². The summed E-state index contributed by atoms with van der Waals surface area (Å²) >= 11 is 0. The zero-order chi connectivity index (χ0) is 33.0. The minimum absolute atomic E-state index is 0.911. The van der Waals surface area contributed by atoms with Crippen LogP contribution in [0.25, 0.3) is 76.5 Å². The van der Waals surface area contributed by atoms with Crippen LogP contribution >= 0.6 is 0 Å². The van der Waals surface area contributed by atoms with E-state index in [-0.39, 0.29) is 0 Å². The maximum absolute atomic E-state index is 6.81. The quantitative estimate of drug-likeness (QED) is 0.175. The second kappa shape index (κ2) is 11.5. The molecule has 0 aliphatic carbocycles. The lowest BCUT2D eigenvalue weighted by Gasteiger charge is -2.27. The molecule has 234 valence electrons. The first kappa shape index (κ1) is 28.4. The summed E-state index contributed by atoms with van der Waals surface area (Å²) < 4.78 is 6.81. The van der Waals surface area contributed by atoms with E-state index in [0.717, 1.165) is 60.9 Å². The topological polar surface area (TPSA) is 16.4 Å². The van der Waals surface area contributed by atoms with Crippen LogP contribution in [0.4, 0.5) is 17.1 Å². The molecule has 10 rings (SSSR count). The molecule has 50 heavy (non-hydrogen) atoms. The number of benzene rings is 9. The highest BCUT2D eigenvalue weighted by Crippen LogP contribution is 2.46. The fourth-order valence-corrected chi connectivity index (χ4v) is 7.72. The standard InChI is InChI=1S/C48H31NO/c1-3-14-32(15-4-1)38-24-13-25-43-45-31-46(41-22-11-12-23-42(41)48(45)50-47(38)43)49(35-17-5-2-6-18-35)36-28-26-33(27-29-36)44-30-34-16-7-8-19-37(34)39-20-9-10-21-40(39)44/h1-31H. The van der Waals surface area contributed by atoms with Crippen LogP contribution in [0.15, 0.2) is 192 Å². The molecule has 0 fully saturated rings. The van der Waals surface area contributed by atoms with E-state index in [1.807, 2.05) is 0 Å². The molecule has 0 aliphatic heterocycles. The van der Waals surface area contributed by atoms with Crippen molar-refractivity contribution in [1.82, 2.24) is 0 Å². The molecule has 0 spiro atoms. The first-order valence-electron chi connectivity index (χ1n) is 17.1. The van der Waals surface area contributed by atoms with E-state index in [1.165, 1.54) is 32.7 Å². The van der Waals surface area contributed by atoms with Crippen LogP contribution in [-0.4, -0.2) is 0 Å². The van der Waals surface area contributed by atoms with E-state index < -0.39 is 0 Å². The minimum Gasteiger partial charge on any atom is -0.455 e. The van der Waals surface area contributed by atoms with Crippen molar-refractivity contribution in [2.75, 3.05) is 4.90 Å². The van der Waals surface area contributed by atoms with Crippen LogP contribution < -0.4 is 4.90 Å². The number of fused-ring (bicyclic) bond motifs is 8. The third kappa shape index (κ3) is 4.50. The Morgan fingerprint density at radius 3 is 1.66 bits per heavy atom. The van der Waals surface area contributed by atoms with Crippen molar-refractivity contribution in [3.05, 3.63) is 188 Å². The third-order valence-electron chi connectivity index (χ3n) is 10.0. The average Bonchev–Trinajstić information content (AvgIpc) is 3.58. The molecule has 1 aromatic heterocycles. The van der Waals surface area contributed by atoms with Gasteiger partial charge in [-0.25, -0.2) is 0 Å². The summed E-state index contributed by atoms with van der Waals surface area (Å²) in [6, 6.07) is 67.3. The fourth-order valence-electron chi connectivity index (χ4n) is 7.72. The molecule has 0 unspecified atom stereocenters. The number of anilines is 3. The third-order valence-corrected chi connectivity index (χ3v) is 10.0. The molecule has 0 N–H and O–H groups in total. The van der Waals surface area contributed by atoms with Crippen LogP contribution in [-0.2, 0) is 0 Å². The summed E-state index contributed by atoms with van der Waals surface area (Å²) in [5, 5.41) is 9.51. The van der Waals surface area contributed by atoms with Crippen molar-refractivity contribution in [3.8, 4) is 22.3 Å². The van der Waals surface area contributed by atoms with Gasteiger partial charge in [0.1, 0.15) is 11.2 Å². The summed E-state index contributed by atoms with van der Waals surface area (Å²) in [5.41, 5.74) is 9.79. The van der Waals surface area contributed by atoms with E-state index in [1.54, 1.807) is 0 Å². The highest BCUT2D eigenvalue weighted by Gasteiger charge is 2.21. The Balaban J connectivity index is 1.19. The van der Waals surface area contributed by atoms with Gasteiger partial charge in [0, 0.05) is 38.5 Å². The minimum atomic E-state index is 0.911. The predicted molar refractivity (Wildman–Crippen MR) is 212 cm³/mol. The van der Waals surface area contributed by atoms with Crippen molar-refractivity contribution in [2.45, 2.75) is 0 Å². The lowest BCUT2D eigenvalue weighted by atomic mass is 9.93. The van der Waals surface area contributed by atoms with Crippen LogP contribution in [0.2, 0.25) is 0 Å². The van der Waals surface area contributed by atoms with Crippen molar-refractivity contribution in [3.63, 3.8) is 0 Å². The summed E-state index contributed by atoms with van der Waals surface area (Å²) in [4.78, 5) is 2.38. The van der Waals surface area contributed by atoms with Crippen molar-refractivity contribution < 1.29 is 4.42 Å². The average molecular weight is 638 g/mol. The molecule has 0 saturated carbocycles. The highest BCUT2D eigenvalue weighted by molar-refractivity contribution is 6.21. The molecule has 0 atom stereocenters. The smallest absolute Gasteiger partial charge is 0.143 e. The summed E-state index contributed by atoms with van der Waals surface area (Å²) in [6.45, 7) is 0. The molecule has 0 radical (unpaired) electrons. The number of hydrogen-bond acceptors (Lipinski definition) is 2. The maximum Gasteiger partial charge on any atom is 0.143 e. The van der Waals surface area contributed by atoms with Gasteiger partial charge in [0.25, 0.3) is 0 Å². The Bertz CT molecular complexity index is 2850. The molecule has 0 saturated heterocycles. The molecule has 0 bridgehead atoms. The van der Waals surface area contributed by atoms with Gasteiger partial charge in [0.05, 0.1) is 5.69 Å². The molecule has 2 nitrogen and oxygen atoms in total. The zero-order valence-electron chi connectivity index (χ0n) is 27.3. The Morgan fingerprint density at radius 1 is 0.320 bits per heavy atom. The predicted octanol–water partition coefficient (Wildman–Crippen LogP) is 13.8. The van der Waals surface area contributed by atoms with Gasteiger partial charge in [0.15, 0.2) is 0 Å². The Hall–Kier alpha value is -6.64. The van der Waals surface area contributed by atoms with Crippen LogP contribution in [0.1, 0.15) is 0 Å². The van der Waals surface area contributed by atoms with Gasteiger partial charge in [0.2, 0.25) is 0 Å². The van der Waals surface area contributed by atoms with Crippen LogP contribution in [0.5, 0.6) is 0 Å². The first-order chi connectivity index (χ1) is 24.8. The van der Waals surface area contributed by atoms with Crippen molar-refractivity contribution in [2.24, 2.45) is 0 Å². The lowest BCUT2D eigenvalue weighted by molar-refractivity contribution is 0.674. The maximum atomic E-state index is 6.81. The van der Waals surface area contributed by atoms with E-state index >= 15 is 0 Å². The van der Waals surface area contributed by atoms with Gasteiger partial charge in [-0.15, -0.1) is 0 Å². The second-order valence-electron chi connectivity index (χ2n) is 12.9. The number of para-hydroxylation sites is 2. The normalized spacial score (nSPS) is 11.6. The summed E-state index contributed by atoms with van der Waals surface area (Å²) in [6.07, 6.45) is 0. The first-order valence-corrected chi connectivity index (χ1v) is 17.1. The monoisotopic (exact) mass is 637 g/mol. The largest absolute Gasteiger partial charge is 0.455 e. The number of hydrogen-bond donors (Lipinski definition) is 0. The van der Waals surface area contributed by atoms with Gasteiger partial charge in [-0.1, -0.05) is 152 Å². The molecular formula is C48H31NO. The van der Waals surface area contributed by atoms with E-state index in [0.29, 0.717) is 0 Å². The number of nitrogens with zero attached hydrogens (tertiary/aromatic N) is 1. The van der Waals surface area contributed by atoms with Crippen molar-refractivity contribution >= 4 is 71.3 Å². The summed E-state index contributed by atoms with van der Waals surface area (Å²) in [5.74, 6) is 0. The van der Waals surface area contributed by atoms with Gasteiger partial charge >= 0.3 is 0 Å². The van der Waals surface area contributed by atoms with Gasteiger partial charge in [-0.05, 0) is 74.6 Å². The van der Waals surface area contributed by atoms with E-state index in [2.05, 4.69) is 193 Å². The summed E-state index contributed by atoms with van der Waals surface area (Å²) in [7, 11) is 0. The molecule has 9 aromatic carbocycles. The van der Waals surface area contributed by atoms with Gasteiger partial charge in [-0.3, -0.25) is 0 Å². The van der Waals surface area contributed by atoms with Crippen LogP contribution in [0, 0.1) is 0 Å². The fraction of sp³-hybridized carbons (Fsp3) is 0. The molecule has 2 heteroatoms. The molecular weight excluding hydrogens is 607 g/mol. The van der Waals surface area contributed by atoms with E-state index in [9.17, 15) is 0 Å². The Labute approximate surface area is 290 Å². The highest BCUT2D eigenvalue weighted by atomic mass is 16.3. The lowest BCUT2D eigenvalue weighted by Crippen LogP contribution is -2.10. The number of furan rings is 1. The Morgan fingerprint density at radius 2 is 0.880 bits per heavy atom. The Kier molecular flexibility index (Phi) is 6.53. The van der Waals surface area contributed by atoms with E-state index in [4.69, 9.17) is 4.42 Å². The zero-order valence-corrected chi connectivity index (χ0v) is 27.3. The van der Waals surface area contributed by atoms with Gasteiger partial charge in [-0.2, -0.15) is 0 Å². The van der Waals surface area contributed by atoms with Crippen molar-refractivity contribution in [1.29, 1.82) is 0 Å². The molecule has 10 aromatic rings. The molecule has 0 amide bonds. The SMILES string of the molecule is c1ccc(-c2cccc3c2oc2c4ccccc4c(N(c4ccccc4)c4ccc(-c5cc6ccccc6c6ccccc56)cc4)cc32)cc1. The molecule has 1 heterocycles. The van der Waals surface area contributed by atoms with Crippen LogP contribution in [0.3, 0.4) is 0 Å². The molecule has 0 aliphatic rings. The second-order valence-corrected chi connectivity index (χ2v) is 12.9.